The van der Waals surface area contributed by atoms with Crippen LogP contribution in [0.2, 0.25) is 0 Å². The number of benzene rings is 1. The van der Waals surface area contributed by atoms with E-state index >= 15 is 0 Å². The molecular formula is C19H14FN3O2S. The number of carbonyl (C=O) groups is 1. The van der Waals surface area contributed by atoms with Gasteiger partial charge in [0.1, 0.15) is 16.3 Å². The molecule has 3 aromatic heterocycles. The molecule has 0 saturated carbocycles. The van der Waals surface area contributed by atoms with Gasteiger partial charge in [0, 0.05) is 11.9 Å². The lowest BCUT2D eigenvalue weighted by Gasteiger charge is -2.06. The zero-order valence-electron chi connectivity index (χ0n) is 14.0. The van der Waals surface area contributed by atoms with E-state index in [4.69, 9.17) is 0 Å². The van der Waals surface area contributed by atoms with Gasteiger partial charge in [-0.3, -0.25) is 14.0 Å². The third kappa shape index (κ3) is 2.66. The van der Waals surface area contributed by atoms with Gasteiger partial charge in [-0.05, 0) is 49.2 Å². The van der Waals surface area contributed by atoms with Gasteiger partial charge in [-0.2, -0.15) is 0 Å². The van der Waals surface area contributed by atoms with Gasteiger partial charge in [0.15, 0.2) is 0 Å². The Hall–Kier alpha value is -3.06. The van der Waals surface area contributed by atoms with Crippen LogP contribution in [-0.2, 0) is 0 Å². The Balaban J connectivity index is 1.80. The van der Waals surface area contributed by atoms with Crippen LogP contribution in [0.25, 0.3) is 15.9 Å². The van der Waals surface area contributed by atoms with Gasteiger partial charge in [-0.1, -0.05) is 12.1 Å². The van der Waals surface area contributed by atoms with E-state index in [1.165, 1.54) is 22.6 Å². The summed E-state index contributed by atoms with van der Waals surface area (Å²) in [4.78, 5) is 30.6. The second-order valence-electron chi connectivity index (χ2n) is 6.04. The second-order valence-corrected chi connectivity index (χ2v) is 7.08. The standard InChI is InChI=1S/C19H14FN3O2S/c1-10-5-6-12(20)8-14(10)21-17(24)15-9-13-18(26-15)22-16-11(2)4-3-7-23(16)19(13)25/h3-9H,1-2H3,(H,21,24). The highest BCUT2D eigenvalue weighted by molar-refractivity contribution is 7.20. The summed E-state index contributed by atoms with van der Waals surface area (Å²) in [6.07, 6.45) is 1.66. The van der Waals surface area contributed by atoms with Crippen molar-refractivity contribution >= 4 is 38.8 Å². The predicted molar refractivity (Wildman–Crippen MR) is 101 cm³/mol. The van der Waals surface area contributed by atoms with Crippen LogP contribution >= 0.6 is 11.3 Å². The zero-order chi connectivity index (χ0) is 18.4. The Bertz CT molecular complexity index is 1240. The Labute approximate surface area is 151 Å². The maximum absolute atomic E-state index is 13.4. The lowest BCUT2D eigenvalue weighted by molar-refractivity contribution is 0.103. The van der Waals surface area contributed by atoms with Crippen LogP contribution in [0.15, 0.2) is 47.4 Å². The average molecular weight is 367 g/mol. The predicted octanol–water partition coefficient (Wildman–Crippen LogP) is 3.92. The molecule has 7 heteroatoms. The molecule has 5 nitrogen and oxygen atoms in total. The quantitative estimate of drug-likeness (QED) is 0.584. The number of carbonyl (C=O) groups excluding carboxylic acids is 1. The molecule has 1 aromatic carbocycles. The number of rotatable bonds is 2. The van der Waals surface area contributed by atoms with Gasteiger partial charge >= 0.3 is 0 Å². The number of aromatic nitrogens is 2. The maximum atomic E-state index is 13.4. The van der Waals surface area contributed by atoms with E-state index in [0.717, 1.165) is 22.5 Å². The molecular weight excluding hydrogens is 353 g/mol. The Morgan fingerprint density at radius 2 is 2.00 bits per heavy atom. The first-order chi connectivity index (χ1) is 12.4. The van der Waals surface area contributed by atoms with Crippen LogP contribution in [0, 0.1) is 19.7 Å². The number of nitrogens with zero attached hydrogens (tertiary/aromatic N) is 2. The maximum Gasteiger partial charge on any atom is 0.266 e. The summed E-state index contributed by atoms with van der Waals surface area (Å²) >= 11 is 1.14. The highest BCUT2D eigenvalue weighted by Gasteiger charge is 2.16. The number of nitrogens with one attached hydrogen (secondary N) is 1. The molecule has 1 amide bonds. The molecule has 4 rings (SSSR count). The molecule has 0 spiro atoms. The Morgan fingerprint density at radius 1 is 1.19 bits per heavy atom. The first-order valence-electron chi connectivity index (χ1n) is 7.93. The molecule has 0 unspecified atom stereocenters. The van der Waals surface area contributed by atoms with Crippen molar-refractivity contribution in [2.75, 3.05) is 5.32 Å². The molecule has 0 aliphatic rings. The number of hydrogen-bond acceptors (Lipinski definition) is 4. The molecule has 0 aliphatic heterocycles. The number of halogens is 1. The zero-order valence-corrected chi connectivity index (χ0v) is 14.9. The molecule has 3 heterocycles. The molecule has 0 atom stereocenters. The summed E-state index contributed by atoms with van der Waals surface area (Å²) in [6.45, 7) is 3.66. The Kier molecular flexibility index (Phi) is 3.81. The van der Waals surface area contributed by atoms with Crippen LogP contribution in [0.5, 0.6) is 0 Å². The molecule has 4 aromatic rings. The number of hydrogen-bond donors (Lipinski definition) is 1. The molecule has 0 bridgehead atoms. The van der Waals surface area contributed by atoms with Gasteiger partial charge in [-0.25, -0.2) is 9.37 Å². The normalized spacial score (nSPS) is 11.2. The van der Waals surface area contributed by atoms with Gasteiger partial charge < -0.3 is 5.32 Å². The molecule has 0 aliphatic carbocycles. The number of amides is 1. The van der Waals surface area contributed by atoms with E-state index in [1.807, 2.05) is 13.0 Å². The first-order valence-corrected chi connectivity index (χ1v) is 8.75. The van der Waals surface area contributed by atoms with Gasteiger partial charge in [0.25, 0.3) is 11.5 Å². The minimum Gasteiger partial charge on any atom is -0.321 e. The van der Waals surface area contributed by atoms with E-state index in [2.05, 4.69) is 10.3 Å². The fraction of sp³-hybridized carbons (Fsp3) is 0.105. The van der Waals surface area contributed by atoms with E-state index in [1.54, 1.807) is 25.3 Å². The van der Waals surface area contributed by atoms with Crippen LogP contribution in [0.3, 0.4) is 0 Å². The fourth-order valence-corrected chi connectivity index (χ4v) is 3.70. The SMILES string of the molecule is Cc1ccc(F)cc1NC(=O)c1cc2c(=O)n3cccc(C)c3nc2s1. The van der Waals surface area contributed by atoms with Crippen molar-refractivity contribution < 1.29 is 9.18 Å². The molecule has 0 saturated heterocycles. The van der Waals surface area contributed by atoms with Crippen molar-refractivity contribution in [2.45, 2.75) is 13.8 Å². The molecule has 130 valence electrons. The number of fused-ring (bicyclic) bond motifs is 2. The van der Waals surface area contributed by atoms with Crippen molar-refractivity contribution in [3.05, 3.63) is 74.8 Å². The fourth-order valence-electron chi connectivity index (χ4n) is 2.78. The highest BCUT2D eigenvalue weighted by atomic mass is 32.1. The molecule has 0 fully saturated rings. The average Bonchev–Trinajstić information content (AvgIpc) is 3.04. The van der Waals surface area contributed by atoms with Crippen molar-refractivity contribution in [2.24, 2.45) is 0 Å². The molecule has 26 heavy (non-hydrogen) atoms. The van der Waals surface area contributed by atoms with Crippen LogP contribution in [0.1, 0.15) is 20.8 Å². The van der Waals surface area contributed by atoms with E-state index in [9.17, 15) is 14.0 Å². The van der Waals surface area contributed by atoms with E-state index < -0.39 is 11.7 Å². The van der Waals surface area contributed by atoms with Crippen LogP contribution in [0.4, 0.5) is 10.1 Å². The van der Waals surface area contributed by atoms with Crippen LogP contribution < -0.4 is 10.9 Å². The van der Waals surface area contributed by atoms with Crippen molar-refractivity contribution in [1.82, 2.24) is 9.38 Å². The minimum absolute atomic E-state index is 0.217. The number of pyridine rings is 1. The molecule has 0 radical (unpaired) electrons. The summed E-state index contributed by atoms with van der Waals surface area (Å²) in [5.41, 5.74) is 2.38. The largest absolute Gasteiger partial charge is 0.321 e. The van der Waals surface area contributed by atoms with Gasteiger partial charge in [0.2, 0.25) is 0 Å². The summed E-state index contributed by atoms with van der Waals surface area (Å²) in [5, 5.41) is 3.08. The summed E-state index contributed by atoms with van der Waals surface area (Å²) in [6, 6.07) is 9.40. The van der Waals surface area contributed by atoms with Gasteiger partial charge in [0.05, 0.1) is 10.3 Å². The van der Waals surface area contributed by atoms with Crippen molar-refractivity contribution in [1.29, 1.82) is 0 Å². The number of aryl methyl sites for hydroxylation is 2. The van der Waals surface area contributed by atoms with Gasteiger partial charge in [-0.15, -0.1) is 11.3 Å². The summed E-state index contributed by atoms with van der Waals surface area (Å²) < 4.78 is 14.9. The molecule has 1 N–H and O–H groups in total. The smallest absolute Gasteiger partial charge is 0.266 e. The lowest BCUT2D eigenvalue weighted by Crippen LogP contribution is -2.14. The number of thiophene rings is 1. The topological polar surface area (TPSA) is 63.5 Å². The lowest BCUT2D eigenvalue weighted by atomic mass is 10.2. The van der Waals surface area contributed by atoms with Crippen LogP contribution in [-0.4, -0.2) is 15.3 Å². The van der Waals surface area contributed by atoms with E-state index in [0.29, 0.717) is 26.4 Å². The monoisotopic (exact) mass is 367 g/mol. The van der Waals surface area contributed by atoms with E-state index in [-0.39, 0.29) is 5.56 Å². The third-order valence-corrected chi connectivity index (χ3v) is 5.23. The minimum atomic E-state index is -0.427. The first kappa shape index (κ1) is 16.4. The highest BCUT2D eigenvalue weighted by Crippen LogP contribution is 2.24. The van der Waals surface area contributed by atoms with Crippen molar-refractivity contribution in [3.63, 3.8) is 0 Å². The number of anilines is 1. The second kappa shape index (κ2) is 6.03. The summed E-state index contributed by atoms with van der Waals surface area (Å²) in [5.74, 6) is -0.823. The van der Waals surface area contributed by atoms with Crippen molar-refractivity contribution in [3.8, 4) is 0 Å². The third-order valence-electron chi connectivity index (χ3n) is 4.20. The Morgan fingerprint density at radius 3 is 2.81 bits per heavy atom. The summed E-state index contributed by atoms with van der Waals surface area (Å²) in [7, 11) is 0.